The van der Waals surface area contributed by atoms with Gasteiger partial charge in [-0.25, -0.2) is 0 Å². The number of carbonyl (C=O) groups is 2. The van der Waals surface area contributed by atoms with E-state index in [4.69, 9.17) is 21.1 Å². The van der Waals surface area contributed by atoms with Gasteiger partial charge in [-0.15, -0.1) is 0 Å². The van der Waals surface area contributed by atoms with Crippen molar-refractivity contribution in [3.8, 4) is 11.5 Å². The molecule has 0 radical (unpaired) electrons. The number of hydrogen-bond donors (Lipinski definition) is 1. The number of nitrogens with one attached hydrogen (secondary N) is 1. The maximum absolute atomic E-state index is 12.9. The zero-order valence-corrected chi connectivity index (χ0v) is 19.2. The van der Waals surface area contributed by atoms with E-state index in [-0.39, 0.29) is 5.78 Å². The first-order valence-electron chi connectivity index (χ1n) is 9.23. The van der Waals surface area contributed by atoms with Gasteiger partial charge in [0, 0.05) is 22.2 Å². The minimum Gasteiger partial charge on any atom is -0.493 e. The number of methoxy groups -OCH3 is 2. The lowest BCUT2D eigenvalue weighted by Gasteiger charge is -2.11. The Morgan fingerprint density at radius 1 is 1.00 bits per heavy atom. The van der Waals surface area contributed by atoms with Crippen molar-refractivity contribution in [1.82, 2.24) is 0 Å². The van der Waals surface area contributed by atoms with E-state index in [2.05, 4.69) is 21.2 Å². The third-order valence-corrected chi connectivity index (χ3v) is 5.23. The Bertz CT molecular complexity index is 1150. The summed E-state index contributed by atoms with van der Waals surface area (Å²) in [6, 6.07) is 17.1. The van der Waals surface area contributed by atoms with Crippen LogP contribution in [0.15, 0.2) is 71.2 Å². The molecule has 31 heavy (non-hydrogen) atoms. The third-order valence-electron chi connectivity index (χ3n) is 4.40. The van der Waals surface area contributed by atoms with E-state index in [0.717, 1.165) is 5.56 Å². The lowest BCUT2D eigenvalue weighted by atomic mass is 10.0. The molecule has 7 heteroatoms. The molecule has 158 valence electrons. The lowest BCUT2D eigenvalue weighted by molar-refractivity contribution is -0.111. The van der Waals surface area contributed by atoms with Crippen LogP contribution in [0.25, 0.3) is 6.08 Å². The highest BCUT2D eigenvalue weighted by Crippen LogP contribution is 2.36. The van der Waals surface area contributed by atoms with Crippen molar-refractivity contribution in [3.63, 3.8) is 0 Å². The van der Waals surface area contributed by atoms with Crippen LogP contribution < -0.4 is 14.8 Å². The highest BCUT2D eigenvalue weighted by atomic mass is 79.9. The Morgan fingerprint density at radius 3 is 2.42 bits per heavy atom. The molecule has 1 N–H and O–H groups in total. The number of ether oxygens (including phenoxy) is 2. The Hall–Kier alpha value is -3.09. The molecule has 0 aliphatic carbocycles. The van der Waals surface area contributed by atoms with Crippen LogP contribution in [-0.4, -0.2) is 25.9 Å². The fourth-order valence-corrected chi connectivity index (χ4v) is 3.73. The van der Waals surface area contributed by atoms with Crippen LogP contribution in [-0.2, 0) is 4.79 Å². The standard InChI is InChI=1S/C24H19BrClNO4/c1-30-21-13-15(12-19(25)24(21)31-2)8-11-22(28)27-20-10-9-17(26)14-18(20)23(29)16-6-4-3-5-7-16/h3-14H,1-2H3,(H,27,28)/b11-8+. The zero-order chi connectivity index (χ0) is 22.4. The second kappa shape index (κ2) is 10.3. The van der Waals surface area contributed by atoms with E-state index in [1.54, 1.807) is 67.8 Å². The van der Waals surface area contributed by atoms with Crippen molar-refractivity contribution in [3.05, 3.63) is 92.9 Å². The molecule has 3 rings (SSSR count). The smallest absolute Gasteiger partial charge is 0.248 e. The average Bonchev–Trinajstić information content (AvgIpc) is 2.78. The van der Waals surface area contributed by atoms with Crippen molar-refractivity contribution in [2.75, 3.05) is 19.5 Å². The largest absolute Gasteiger partial charge is 0.493 e. The van der Waals surface area contributed by atoms with Crippen LogP contribution in [0.1, 0.15) is 21.5 Å². The monoisotopic (exact) mass is 499 g/mol. The number of carbonyl (C=O) groups excluding carboxylic acids is 2. The number of benzene rings is 3. The number of halogens is 2. The first-order valence-corrected chi connectivity index (χ1v) is 10.4. The number of amides is 1. The molecule has 3 aromatic rings. The first kappa shape index (κ1) is 22.6. The molecular formula is C24H19BrClNO4. The van der Waals surface area contributed by atoms with Gasteiger partial charge in [-0.05, 0) is 57.9 Å². The molecule has 0 spiro atoms. The zero-order valence-electron chi connectivity index (χ0n) is 16.8. The Labute approximate surface area is 193 Å². The van der Waals surface area contributed by atoms with Gasteiger partial charge in [-0.1, -0.05) is 41.9 Å². The summed E-state index contributed by atoms with van der Waals surface area (Å²) in [5.74, 6) is 0.473. The van der Waals surface area contributed by atoms with Crippen LogP contribution in [0, 0.1) is 0 Å². The summed E-state index contributed by atoms with van der Waals surface area (Å²) in [5.41, 5.74) is 1.93. The van der Waals surface area contributed by atoms with Crippen molar-refractivity contribution < 1.29 is 19.1 Å². The topological polar surface area (TPSA) is 64.6 Å². The summed E-state index contributed by atoms with van der Waals surface area (Å²) in [6.45, 7) is 0. The van der Waals surface area contributed by atoms with Gasteiger partial charge in [0.15, 0.2) is 17.3 Å². The number of hydrogen-bond acceptors (Lipinski definition) is 4. The molecule has 0 unspecified atom stereocenters. The molecule has 0 saturated heterocycles. The summed E-state index contributed by atoms with van der Waals surface area (Å²) >= 11 is 9.51. The Balaban J connectivity index is 1.83. The lowest BCUT2D eigenvalue weighted by Crippen LogP contribution is -2.12. The van der Waals surface area contributed by atoms with Gasteiger partial charge in [0.1, 0.15) is 0 Å². The van der Waals surface area contributed by atoms with Crippen molar-refractivity contribution in [1.29, 1.82) is 0 Å². The first-order chi connectivity index (χ1) is 14.9. The van der Waals surface area contributed by atoms with Crippen molar-refractivity contribution >= 4 is 51.0 Å². The minimum atomic E-state index is -0.393. The van der Waals surface area contributed by atoms with E-state index >= 15 is 0 Å². The molecule has 0 aliphatic heterocycles. The van der Waals surface area contributed by atoms with Gasteiger partial charge in [-0.2, -0.15) is 0 Å². The van der Waals surface area contributed by atoms with Gasteiger partial charge >= 0.3 is 0 Å². The number of ketones is 1. The molecular weight excluding hydrogens is 482 g/mol. The molecule has 0 aliphatic rings. The summed E-state index contributed by atoms with van der Waals surface area (Å²) in [4.78, 5) is 25.4. The van der Waals surface area contributed by atoms with Crippen molar-refractivity contribution in [2.24, 2.45) is 0 Å². The highest BCUT2D eigenvalue weighted by molar-refractivity contribution is 9.10. The number of rotatable bonds is 7. The summed E-state index contributed by atoms with van der Waals surface area (Å²) in [7, 11) is 3.09. The van der Waals surface area contributed by atoms with Crippen LogP contribution >= 0.6 is 27.5 Å². The predicted octanol–water partition coefficient (Wildman–Crippen LogP) is 6.00. The predicted molar refractivity (Wildman–Crippen MR) is 126 cm³/mol. The van der Waals surface area contributed by atoms with E-state index in [0.29, 0.717) is 37.8 Å². The summed E-state index contributed by atoms with van der Waals surface area (Å²) in [5, 5.41) is 3.16. The maximum Gasteiger partial charge on any atom is 0.248 e. The normalized spacial score (nSPS) is 10.7. The van der Waals surface area contributed by atoms with Crippen LogP contribution in [0.5, 0.6) is 11.5 Å². The van der Waals surface area contributed by atoms with E-state index in [1.807, 2.05) is 6.07 Å². The average molecular weight is 501 g/mol. The molecule has 5 nitrogen and oxygen atoms in total. The van der Waals surface area contributed by atoms with Gasteiger partial charge in [0.25, 0.3) is 0 Å². The van der Waals surface area contributed by atoms with E-state index in [9.17, 15) is 9.59 Å². The molecule has 0 atom stereocenters. The molecule has 0 bridgehead atoms. The van der Waals surface area contributed by atoms with Crippen molar-refractivity contribution in [2.45, 2.75) is 0 Å². The van der Waals surface area contributed by atoms with Crippen LogP contribution in [0.4, 0.5) is 5.69 Å². The third kappa shape index (κ3) is 5.54. The SMILES string of the molecule is COc1cc(/C=C/C(=O)Nc2ccc(Cl)cc2C(=O)c2ccccc2)cc(Br)c1OC. The maximum atomic E-state index is 12.9. The van der Waals surface area contributed by atoms with Crippen LogP contribution in [0.2, 0.25) is 5.02 Å². The Morgan fingerprint density at radius 2 is 1.74 bits per heavy atom. The minimum absolute atomic E-state index is 0.230. The van der Waals surface area contributed by atoms with Gasteiger partial charge in [0.2, 0.25) is 5.91 Å². The molecule has 1 amide bonds. The van der Waals surface area contributed by atoms with Gasteiger partial charge in [0.05, 0.1) is 24.4 Å². The summed E-state index contributed by atoms with van der Waals surface area (Å²) < 4.78 is 11.3. The molecule has 3 aromatic carbocycles. The Kier molecular flexibility index (Phi) is 7.50. The molecule has 0 heterocycles. The van der Waals surface area contributed by atoms with Gasteiger partial charge in [-0.3, -0.25) is 9.59 Å². The second-order valence-corrected chi connectivity index (χ2v) is 7.74. The fourth-order valence-electron chi connectivity index (χ4n) is 2.94. The molecule has 0 fully saturated rings. The van der Waals surface area contributed by atoms with E-state index in [1.165, 1.54) is 13.2 Å². The van der Waals surface area contributed by atoms with Crippen LogP contribution in [0.3, 0.4) is 0 Å². The van der Waals surface area contributed by atoms with E-state index < -0.39 is 5.91 Å². The quantitative estimate of drug-likeness (QED) is 0.319. The highest BCUT2D eigenvalue weighted by Gasteiger charge is 2.15. The molecule has 0 saturated carbocycles. The number of anilines is 1. The fraction of sp³-hybridized carbons (Fsp3) is 0.0833. The summed E-state index contributed by atoms with van der Waals surface area (Å²) in [6.07, 6.45) is 3.01. The second-order valence-electron chi connectivity index (χ2n) is 6.45. The molecule has 0 aromatic heterocycles. The van der Waals surface area contributed by atoms with Gasteiger partial charge < -0.3 is 14.8 Å².